The monoisotopic (exact) mass is 296 g/mol. The van der Waals surface area contributed by atoms with E-state index in [1.54, 1.807) is 6.26 Å². The summed E-state index contributed by atoms with van der Waals surface area (Å²) in [7, 11) is 0. The molecule has 4 heteroatoms. The van der Waals surface area contributed by atoms with E-state index >= 15 is 0 Å². The van der Waals surface area contributed by atoms with Gasteiger partial charge in [-0.25, -0.2) is 4.98 Å². The molecule has 1 saturated carbocycles. The highest BCUT2D eigenvalue weighted by molar-refractivity contribution is 7.99. The molecule has 0 aliphatic heterocycles. The molecule has 1 N–H and O–H groups in total. The zero-order valence-electron chi connectivity index (χ0n) is 13.0. The van der Waals surface area contributed by atoms with Gasteiger partial charge in [-0.3, -0.25) is 0 Å². The lowest BCUT2D eigenvalue weighted by Gasteiger charge is -2.35. The van der Waals surface area contributed by atoms with Gasteiger partial charge in [0, 0.05) is 11.3 Å². The minimum absolute atomic E-state index is 0.602. The maximum atomic E-state index is 5.54. The highest BCUT2D eigenvalue weighted by Crippen LogP contribution is 2.37. The van der Waals surface area contributed by atoms with Gasteiger partial charge in [-0.05, 0) is 45.1 Å². The maximum Gasteiger partial charge on any atom is 0.256 e. The highest BCUT2D eigenvalue weighted by atomic mass is 32.2. The van der Waals surface area contributed by atoms with E-state index < -0.39 is 0 Å². The van der Waals surface area contributed by atoms with Crippen molar-refractivity contribution >= 4 is 11.8 Å². The van der Waals surface area contributed by atoms with Crippen LogP contribution in [0.5, 0.6) is 0 Å². The van der Waals surface area contributed by atoms with Crippen LogP contribution in [0.3, 0.4) is 0 Å². The summed E-state index contributed by atoms with van der Waals surface area (Å²) < 4.78 is 5.54. The number of hydrogen-bond acceptors (Lipinski definition) is 4. The SMILES string of the molecule is CCCNC1CCC(CCC)CC1Sc1nc(C)co1. The Bertz CT molecular complexity index is 394. The van der Waals surface area contributed by atoms with Crippen molar-refractivity contribution in [2.24, 2.45) is 5.92 Å². The van der Waals surface area contributed by atoms with E-state index in [4.69, 9.17) is 4.42 Å². The lowest BCUT2D eigenvalue weighted by atomic mass is 9.83. The molecule has 114 valence electrons. The van der Waals surface area contributed by atoms with Gasteiger partial charge in [0.25, 0.3) is 5.22 Å². The van der Waals surface area contributed by atoms with Crippen molar-refractivity contribution in [2.75, 3.05) is 6.54 Å². The fourth-order valence-electron chi connectivity index (χ4n) is 3.09. The van der Waals surface area contributed by atoms with Crippen LogP contribution in [-0.2, 0) is 0 Å². The Labute approximate surface area is 127 Å². The van der Waals surface area contributed by atoms with E-state index in [2.05, 4.69) is 24.1 Å². The zero-order valence-corrected chi connectivity index (χ0v) is 13.8. The van der Waals surface area contributed by atoms with Crippen LogP contribution < -0.4 is 5.32 Å². The van der Waals surface area contributed by atoms with Gasteiger partial charge in [0.1, 0.15) is 6.26 Å². The first-order valence-corrected chi connectivity index (χ1v) is 8.93. The van der Waals surface area contributed by atoms with Gasteiger partial charge in [0.05, 0.1) is 5.69 Å². The Morgan fingerprint density at radius 2 is 2.20 bits per heavy atom. The Morgan fingerprint density at radius 3 is 2.85 bits per heavy atom. The molecule has 1 fully saturated rings. The van der Waals surface area contributed by atoms with Gasteiger partial charge >= 0.3 is 0 Å². The molecule has 0 saturated heterocycles. The summed E-state index contributed by atoms with van der Waals surface area (Å²) in [6.07, 6.45) is 9.57. The van der Waals surface area contributed by atoms with Crippen molar-refractivity contribution in [2.45, 2.75) is 75.8 Å². The van der Waals surface area contributed by atoms with E-state index in [-0.39, 0.29) is 0 Å². The van der Waals surface area contributed by atoms with Crippen molar-refractivity contribution in [3.8, 4) is 0 Å². The van der Waals surface area contributed by atoms with Crippen LogP contribution in [0.4, 0.5) is 0 Å². The lowest BCUT2D eigenvalue weighted by Crippen LogP contribution is -2.43. The van der Waals surface area contributed by atoms with E-state index in [0.717, 1.165) is 23.4 Å². The molecule has 0 bridgehead atoms. The molecule has 0 amide bonds. The van der Waals surface area contributed by atoms with Crippen molar-refractivity contribution in [1.29, 1.82) is 0 Å². The average Bonchev–Trinajstić information content (AvgIpc) is 2.84. The zero-order chi connectivity index (χ0) is 14.4. The third kappa shape index (κ3) is 4.52. The van der Waals surface area contributed by atoms with E-state index in [0.29, 0.717) is 11.3 Å². The number of nitrogens with one attached hydrogen (secondary N) is 1. The summed E-state index contributed by atoms with van der Waals surface area (Å²) in [4.78, 5) is 4.46. The predicted molar refractivity (Wildman–Crippen MR) is 85.2 cm³/mol. The summed E-state index contributed by atoms with van der Waals surface area (Å²) in [6.45, 7) is 7.63. The molecule has 3 unspecified atom stereocenters. The molecule has 1 aromatic heterocycles. The third-order valence-corrected chi connectivity index (χ3v) is 5.32. The first kappa shape index (κ1) is 15.9. The summed E-state index contributed by atoms with van der Waals surface area (Å²) in [5.74, 6) is 0.883. The van der Waals surface area contributed by atoms with Crippen molar-refractivity contribution in [3.63, 3.8) is 0 Å². The molecule has 3 nitrogen and oxygen atoms in total. The number of aryl methyl sites for hydroxylation is 1. The highest BCUT2D eigenvalue weighted by Gasteiger charge is 2.31. The Hall–Kier alpha value is -0.480. The number of nitrogens with zero attached hydrogens (tertiary/aromatic N) is 1. The standard InChI is InChI=1S/C16H28N2OS/c1-4-6-13-7-8-14(17-9-5-2)15(10-13)20-16-18-12(3)11-19-16/h11,13-15,17H,4-10H2,1-3H3. The van der Waals surface area contributed by atoms with Gasteiger partial charge < -0.3 is 9.73 Å². The molecule has 0 spiro atoms. The van der Waals surface area contributed by atoms with Crippen LogP contribution in [0.15, 0.2) is 15.9 Å². The summed E-state index contributed by atoms with van der Waals surface area (Å²) in [6, 6.07) is 0.611. The number of rotatable bonds is 7. The van der Waals surface area contributed by atoms with Crippen LogP contribution in [0.25, 0.3) is 0 Å². The number of thioether (sulfide) groups is 1. The molecule has 2 rings (SSSR count). The lowest BCUT2D eigenvalue weighted by molar-refractivity contribution is 0.286. The molecule has 0 radical (unpaired) electrons. The molecule has 1 aliphatic carbocycles. The van der Waals surface area contributed by atoms with Crippen LogP contribution in [0.2, 0.25) is 0 Å². The average molecular weight is 296 g/mol. The minimum Gasteiger partial charge on any atom is -0.440 e. The molecule has 1 heterocycles. The first-order chi connectivity index (χ1) is 9.72. The van der Waals surface area contributed by atoms with Crippen LogP contribution >= 0.6 is 11.8 Å². The maximum absolute atomic E-state index is 5.54. The molecule has 1 aliphatic rings. The van der Waals surface area contributed by atoms with Gasteiger partial charge in [0.15, 0.2) is 0 Å². The first-order valence-electron chi connectivity index (χ1n) is 8.05. The van der Waals surface area contributed by atoms with Gasteiger partial charge in [-0.2, -0.15) is 0 Å². The van der Waals surface area contributed by atoms with Crippen LogP contribution in [-0.4, -0.2) is 22.8 Å². The molecule has 20 heavy (non-hydrogen) atoms. The van der Waals surface area contributed by atoms with Crippen molar-refractivity contribution < 1.29 is 4.42 Å². The topological polar surface area (TPSA) is 38.1 Å². The number of oxazole rings is 1. The Kier molecular flexibility index (Phi) is 6.43. The number of hydrogen-bond donors (Lipinski definition) is 1. The van der Waals surface area contributed by atoms with E-state index in [1.807, 2.05) is 18.7 Å². The van der Waals surface area contributed by atoms with E-state index in [9.17, 15) is 0 Å². The van der Waals surface area contributed by atoms with E-state index in [1.165, 1.54) is 38.5 Å². The minimum atomic E-state index is 0.602. The second-order valence-electron chi connectivity index (χ2n) is 5.94. The van der Waals surface area contributed by atoms with Gasteiger partial charge in [0.2, 0.25) is 0 Å². The Morgan fingerprint density at radius 1 is 1.35 bits per heavy atom. The van der Waals surface area contributed by atoms with Crippen molar-refractivity contribution in [1.82, 2.24) is 10.3 Å². The number of aromatic nitrogens is 1. The third-order valence-electron chi connectivity index (χ3n) is 4.10. The second-order valence-corrected chi connectivity index (χ2v) is 7.13. The molecular weight excluding hydrogens is 268 g/mol. The van der Waals surface area contributed by atoms with Crippen LogP contribution in [0.1, 0.15) is 58.1 Å². The molecule has 3 atom stereocenters. The fourth-order valence-corrected chi connectivity index (χ4v) is 4.42. The molecule has 0 aromatic carbocycles. The molecular formula is C16H28N2OS. The quantitative estimate of drug-likeness (QED) is 0.808. The van der Waals surface area contributed by atoms with Crippen LogP contribution in [0, 0.1) is 12.8 Å². The molecule has 1 aromatic rings. The summed E-state index contributed by atoms with van der Waals surface area (Å²) in [5, 5.41) is 5.16. The summed E-state index contributed by atoms with van der Waals surface area (Å²) >= 11 is 1.83. The second kappa shape index (κ2) is 8.08. The smallest absolute Gasteiger partial charge is 0.256 e. The van der Waals surface area contributed by atoms with Gasteiger partial charge in [-0.15, -0.1) is 0 Å². The fraction of sp³-hybridized carbons (Fsp3) is 0.812. The summed E-state index contributed by atoms with van der Waals surface area (Å²) in [5.41, 5.74) is 0.978. The largest absolute Gasteiger partial charge is 0.440 e. The van der Waals surface area contributed by atoms with Gasteiger partial charge in [-0.1, -0.05) is 38.5 Å². The predicted octanol–water partition coefficient (Wildman–Crippen LogP) is 4.41. The normalized spacial score (nSPS) is 26.9. The Balaban J connectivity index is 1.96. The van der Waals surface area contributed by atoms with Crippen molar-refractivity contribution in [3.05, 3.63) is 12.0 Å².